The van der Waals surface area contributed by atoms with E-state index in [-0.39, 0.29) is 5.56 Å². The van der Waals surface area contributed by atoms with Gasteiger partial charge in [-0.1, -0.05) is 35.9 Å². The van der Waals surface area contributed by atoms with Crippen molar-refractivity contribution in [2.45, 2.75) is 19.4 Å². The number of rotatable bonds is 4. The van der Waals surface area contributed by atoms with E-state index in [1.165, 1.54) is 17.5 Å². The highest BCUT2D eigenvalue weighted by Gasteiger charge is 2.17. The molecule has 1 aliphatic heterocycles. The maximum atomic E-state index is 13.0. The van der Waals surface area contributed by atoms with Crippen LogP contribution in [0, 0.1) is 0 Å². The zero-order chi connectivity index (χ0) is 17.9. The van der Waals surface area contributed by atoms with Gasteiger partial charge in [0.05, 0.1) is 23.7 Å². The third-order valence-electron chi connectivity index (χ3n) is 4.58. The average molecular weight is 367 g/mol. The zero-order valence-corrected chi connectivity index (χ0v) is 15.1. The fourth-order valence-corrected chi connectivity index (χ4v) is 3.33. The van der Waals surface area contributed by atoms with Gasteiger partial charge in [0.2, 0.25) is 0 Å². The maximum absolute atomic E-state index is 13.0. The maximum Gasteiger partial charge on any atom is 0.282 e. The smallest absolute Gasteiger partial charge is 0.282 e. The van der Waals surface area contributed by atoms with Gasteiger partial charge in [0.15, 0.2) is 0 Å². The van der Waals surface area contributed by atoms with Gasteiger partial charge in [-0.25, -0.2) is 4.98 Å². The van der Waals surface area contributed by atoms with Gasteiger partial charge in [0.1, 0.15) is 5.82 Å². The average Bonchev–Trinajstić information content (AvgIpc) is 3.16. The Hall–Kier alpha value is -2.50. The van der Waals surface area contributed by atoms with Crippen molar-refractivity contribution in [3.63, 3.8) is 0 Å². The van der Waals surface area contributed by atoms with Gasteiger partial charge in [-0.3, -0.25) is 9.69 Å². The SMILES string of the molecule is O=c1c2ccccc2nc(CN2CCCC2)n1/N=C/c1ccc(Cl)cc1. The highest BCUT2D eigenvalue weighted by molar-refractivity contribution is 6.30. The molecule has 0 spiro atoms. The first-order valence-electron chi connectivity index (χ1n) is 8.74. The molecule has 0 N–H and O–H groups in total. The molecular weight excluding hydrogens is 348 g/mol. The molecule has 2 aromatic carbocycles. The van der Waals surface area contributed by atoms with Crippen molar-refractivity contribution in [3.05, 3.63) is 75.3 Å². The van der Waals surface area contributed by atoms with Gasteiger partial charge in [-0.05, 0) is 55.8 Å². The van der Waals surface area contributed by atoms with Crippen molar-refractivity contribution < 1.29 is 0 Å². The number of benzene rings is 2. The van der Waals surface area contributed by atoms with Crippen molar-refractivity contribution in [1.82, 2.24) is 14.6 Å². The lowest BCUT2D eigenvalue weighted by atomic mass is 10.2. The zero-order valence-electron chi connectivity index (χ0n) is 14.3. The van der Waals surface area contributed by atoms with Gasteiger partial charge < -0.3 is 0 Å². The Labute approximate surface area is 156 Å². The second kappa shape index (κ2) is 7.40. The summed E-state index contributed by atoms with van der Waals surface area (Å²) in [6.07, 6.45) is 4.04. The van der Waals surface area contributed by atoms with Crippen LogP contribution in [0.15, 0.2) is 58.4 Å². The minimum atomic E-state index is -0.144. The molecule has 0 unspecified atom stereocenters. The van der Waals surface area contributed by atoms with Crippen molar-refractivity contribution in [3.8, 4) is 0 Å². The Morgan fingerprint density at radius 3 is 2.58 bits per heavy atom. The topological polar surface area (TPSA) is 50.5 Å². The summed E-state index contributed by atoms with van der Waals surface area (Å²) in [7, 11) is 0. The molecule has 6 heteroatoms. The first-order valence-corrected chi connectivity index (χ1v) is 9.11. The van der Waals surface area contributed by atoms with Crippen molar-refractivity contribution in [2.75, 3.05) is 13.1 Å². The van der Waals surface area contributed by atoms with Crippen LogP contribution in [0.1, 0.15) is 24.2 Å². The Kier molecular flexibility index (Phi) is 4.82. The Morgan fingerprint density at radius 2 is 1.81 bits per heavy atom. The molecule has 0 saturated carbocycles. The molecule has 132 valence electrons. The van der Waals surface area contributed by atoms with Crippen molar-refractivity contribution in [1.29, 1.82) is 0 Å². The van der Waals surface area contributed by atoms with E-state index < -0.39 is 0 Å². The van der Waals surface area contributed by atoms with Crippen LogP contribution in [-0.4, -0.2) is 33.9 Å². The van der Waals surface area contributed by atoms with Crippen LogP contribution in [-0.2, 0) is 6.54 Å². The summed E-state index contributed by atoms with van der Waals surface area (Å²) in [6, 6.07) is 14.7. The van der Waals surface area contributed by atoms with E-state index in [4.69, 9.17) is 16.6 Å². The summed E-state index contributed by atoms with van der Waals surface area (Å²) in [4.78, 5) is 20.0. The molecule has 1 saturated heterocycles. The number of hydrogen-bond donors (Lipinski definition) is 0. The molecule has 1 fully saturated rings. The summed E-state index contributed by atoms with van der Waals surface area (Å²) in [5.74, 6) is 0.667. The number of likely N-dealkylation sites (tertiary alicyclic amines) is 1. The second-order valence-electron chi connectivity index (χ2n) is 6.44. The molecule has 0 aliphatic carbocycles. The fraction of sp³-hybridized carbons (Fsp3) is 0.250. The van der Waals surface area contributed by atoms with Crippen molar-refractivity contribution in [2.24, 2.45) is 5.10 Å². The third-order valence-corrected chi connectivity index (χ3v) is 4.83. The van der Waals surface area contributed by atoms with E-state index in [0.29, 0.717) is 28.3 Å². The van der Waals surface area contributed by atoms with Gasteiger partial charge in [0, 0.05) is 5.02 Å². The highest BCUT2D eigenvalue weighted by atomic mass is 35.5. The van der Waals surface area contributed by atoms with E-state index in [1.807, 2.05) is 30.3 Å². The minimum Gasteiger partial charge on any atom is -0.296 e. The molecule has 1 aromatic heterocycles. The first kappa shape index (κ1) is 16.9. The summed E-state index contributed by atoms with van der Waals surface area (Å²) in [6.45, 7) is 2.69. The van der Waals surface area contributed by atoms with Gasteiger partial charge >= 0.3 is 0 Å². The standard InChI is InChI=1S/C20H19ClN4O/c21-16-9-7-15(8-10-16)13-22-25-19(14-24-11-3-4-12-24)23-18-6-2-1-5-17(18)20(25)26/h1-2,5-10,13H,3-4,11-12,14H2/b22-13+. The van der Waals surface area contributed by atoms with E-state index in [2.05, 4.69) is 10.0 Å². The predicted molar refractivity (Wildman–Crippen MR) is 105 cm³/mol. The Morgan fingerprint density at radius 1 is 1.08 bits per heavy atom. The number of halogens is 1. The Bertz CT molecular complexity index is 1000. The molecule has 0 bridgehead atoms. The van der Waals surface area contributed by atoms with Crippen LogP contribution in [0.25, 0.3) is 10.9 Å². The number of aromatic nitrogens is 2. The summed E-state index contributed by atoms with van der Waals surface area (Å²) in [5, 5.41) is 5.69. The number of fused-ring (bicyclic) bond motifs is 1. The number of nitrogens with zero attached hydrogens (tertiary/aromatic N) is 4. The van der Waals surface area contributed by atoms with E-state index in [0.717, 1.165) is 18.7 Å². The molecule has 5 nitrogen and oxygen atoms in total. The molecule has 2 heterocycles. The minimum absolute atomic E-state index is 0.144. The number of hydrogen-bond acceptors (Lipinski definition) is 4. The monoisotopic (exact) mass is 366 g/mol. The van der Waals surface area contributed by atoms with Crippen LogP contribution < -0.4 is 5.56 Å². The highest BCUT2D eigenvalue weighted by Crippen LogP contribution is 2.14. The molecule has 4 rings (SSSR count). The molecule has 1 aliphatic rings. The molecule has 3 aromatic rings. The van der Waals surface area contributed by atoms with Crippen LogP contribution in [0.5, 0.6) is 0 Å². The van der Waals surface area contributed by atoms with Gasteiger partial charge in [0.25, 0.3) is 5.56 Å². The van der Waals surface area contributed by atoms with Crippen molar-refractivity contribution >= 4 is 28.7 Å². The molecule has 0 atom stereocenters. The van der Waals surface area contributed by atoms with Crippen LogP contribution in [0.4, 0.5) is 0 Å². The lowest BCUT2D eigenvalue weighted by Gasteiger charge is -2.16. The van der Waals surface area contributed by atoms with Gasteiger partial charge in [-0.15, -0.1) is 0 Å². The van der Waals surface area contributed by atoms with Gasteiger partial charge in [-0.2, -0.15) is 9.78 Å². The molecule has 0 radical (unpaired) electrons. The summed E-state index contributed by atoms with van der Waals surface area (Å²) < 4.78 is 1.43. The number of para-hydroxylation sites is 1. The van der Waals surface area contributed by atoms with E-state index in [1.54, 1.807) is 24.4 Å². The normalized spacial score (nSPS) is 15.3. The fourth-order valence-electron chi connectivity index (χ4n) is 3.21. The molecule has 26 heavy (non-hydrogen) atoms. The van der Waals surface area contributed by atoms with E-state index >= 15 is 0 Å². The quantitative estimate of drug-likeness (QED) is 0.664. The second-order valence-corrected chi connectivity index (χ2v) is 6.88. The third kappa shape index (κ3) is 3.54. The molecule has 0 amide bonds. The van der Waals surface area contributed by atoms with Crippen LogP contribution in [0.2, 0.25) is 5.02 Å². The summed E-state index contributed by atoms with van der Waals surface area (Å²) >= 11 is 5.92. The largest absolute Gasteiger partial charge is 0.296 e. The lowest BCUT2D eigenvalue weighted by Crippen LogP contribution is -2.28. The van der Waals surface area contributed by atoms with E-state index in [9.17, 15) is 4.79 Å². The van der Waals surface area contributed by atoms with Crippen LogP contribution in [0.3, 0.4) is 0 Å². The summed E-state index contributed by atoms with van der Waals surface area (Å²) in [5.41, 5.74) is 1.45. The van der Waals surface area contributed by atoms with Crippen LogP contribution >= 0.6 is 11.6 Å². The first-order chi connectivity index (χ1) is 12.7. The molecular formula is C20H19ClN4O. The Balaban J connectivity index is 1.77. The lowest BCUT2D eigenvalue weighted by molar-refractivity contribution is 0.316. The predicted octanol–water partition coefficient (Wildman–Crippen LogP) is 3.53.